The van der Waals surface area contributed by atoms with Crippen LogP contribution in [0.25, 0.3) is 0 Å². The standard InChI is InChI=1S/C21H23BrFN3O2/c22-16-6-7-19(18(23)14-16)25-20(27)10-13-26-11-8-15(9-12-26)21(28)24-17-4-2-1-3-5-17/h1-7,14-15H,8-13H2,(H,24,28)(H,25,27). The minimum atomic E-state index is -0.465. The van der Waals surface area contributed by atoms with Crippen molar-refractivity contribution in [2.75, 3.05) is 30.3 Å². The van der Waals surface area contributed by atoms with E-state index in [4.69, 9.17) is 0 Å². The molecule has 7 heteroatoms. The summed E-state index contributed by atoms with van der Waals surface area (Å²) >= 11 is 3.19. The molecule has 0 radical (unpaired) electrons. The van der Waals surface area contributed by atoms with Gasteiger partial charge in [-0.1, -0.05) is 34.1 Å². The second-order valence-electron chi connectivity index (χ2n) is 6.89. The van der Waals surface area contributed by atoms with E-state index in [0.29, 0.717) is 11.0 Å². The van der Waals surface area contributed by atoms with Gasteiger partial charge in [-0.15, -0.1) is 0 Å². The Morgan fingerprint density at radius 1 is 1.07 bits per heavy atom. The van der Waals surface area contributed by atoms with Crippen LogP contribution < -0.4 is 10.6 Å². The molecule has 28 heavy (non-hydrogen) atoms. The smallest absolute Gasteiger partial charge is 0.227 e. The first kappa shape index (κ1) is 20.5. The van der Waals surface area contributed by atoms with E-state index in [-0.39, 0.29) is 29.8 Å². The van der Waals surface area contributed by atoms with E-state index in [1.54, 1.807) is 6.07 Å². The highest BCUT2D eigenvalue weighted by atomic mass is 79.9. The van der Waals surface area contributed by atoms with Gasteiger partial charge in [0.25, 0.3) is 0 Å². The van der Waals surface area contributed by atoms with Crippen molar-refractivity contribution in [1.29, 1.82) is 0 Å². The summed E-state index contributed by atoms with van der Waals surface area (Å²) < 4.78 is 14.4. The number of likely N-dealkylation sites (tertiary alicyclic amines) is 1. The number of hydrogen-bond acceptors (Lipinski definition) is 3. The second kappa shape index (κ2) is 9.80. The number of anilines is 2. The highest BCUT2D eigenvalue weighted by molar-refractivity contribution is 9.10. The summed E-state index contributed by atoms with van der Waals surface area (Å²) in [6, 6.07) is 14.0. The van der Waals surface area contributed by atoms with Gasteiger partial charge in [0.1, 0.15) is 5.82 Å². The van der Waals surface area contributed by atoms with Gasteiger partial charge >= 0.3 is 0 Å². The summed E-state index contributed by atoms with van der Waals surface area (Å²) in [6.45, 7) is 2.14. The van der Waals surface area contributed by atoms with Crippen LogP contribution in [0.2, 0.25) is 0 Å². The quantitative estimate of drug-likeness (QED) is 0.694. The van der Waals surface area contributed by atoms with Crippen LogP contribution in [0.1, 0.15) is 19.3 Å². The molecule has 0 aliphatic carbocycles. The normalized spacial score (nSPS) is 15.2. The van der Waals surface area contributed by atoms with Gasteiger partial charge in [-0.2, -0.15) is 0 Å². The zero-order valence-corrected chi connectivity index (χ0v) is 17.0. The average molecular weight is 448 g/mol. The van der Waals surface area contributed by atoms with Crippen LogP contribution in [0.3, 0.4) is 0 Å². The molecule has 2 amide bonds. The van der Waals surface area contributed by atoms with E-state index in [0.717, 1.165) is 31.6 Å². The SMILES string of the molecule is O=C(CCN1CCC(C(=O)Nc2ccccc2)CC1)Nc1ccc(Br)cc1F. The van der Waals surface area contributed by atoms with E-state index >= 15 is 0 Å². The summed E-state index contributed by atoms with van der Waals surface area (Å²) in [5.41, 5.74) is 0.997. The summed E-state index contributed by atoms with van der Waals surface area (Å²) in [4.78, 5) is 26.6. The van der Waals surface area contributed by atoms with Gasteiger partial charge < -0.3 is 15.5 Å². The number of piperidine rings is 1. The van der Waals surface area contributed by atoms with Crippen molar-refractivity contribution in [2.45, 2.75) is 19.3 Å². The average Bonchev–Trinajstić information content (AvgIpc) is 2.70. The van der Waals surface area contributed by atoms with Gasteiger partial charge in [0.15, 0.2) is 0 Å². The van der Waals surface area contributed by atoms with Gasteiger partial charge in [-0.25, -0.2) is 4.39 Å². The van der Waals surface area contributed by atoms with Crippen LogP contribution >= 0.6 is 15.9 Å². The summed E-state index contributed by atoms with van der Waals surface area (Å²) in [5.74, 6) is -0.644. The molecule has 2 aromatic rings. The van der Waals surface area contributed by atoms with Crippen molar-refractivity contribution >= 4 is 39.1 Å². The summed E-state index contributed by atoms with van der Waals surface area (Å²) in [7, 11) is 0. The fourth-order valence-corrected chi connectivity index (χ4v) is 3.58. The Balaban J connectivity index is 1.39. The Kier molecular flexibility index (Phi) is 7.17. The zero-order valence-electron chi connectivity index (χ0n) is 15.5. The topological polar surface area (TPSA) is 61.4 Å². The Labute approximate surface area is 172 Å². The Morgan fingerprint density at radius 2 is 1.79 bits per heavy atom. The lowest BCUT2D eigenvalue weighted by Crippen LogP contribution is -2.39. The maximum Gasteiger partial charge on any atom is 0.227 e. The van der Waals surface area contributed by atoms with Crippen LogP contribution in [0.5, 0.6) is 0 Å². The third-order valence-electron chi connectivity index (χ3n) is 4.86. The molecule has 0 aromatic heterocycles. The molecule has 1 fully saturated rings. The van der Waals surface area contributed by atoms with E-state index in [1.165, 1.54) is 12.1 Å². The molecule has 1 saturated heterocycles. The fraction of sp³-hybridized carbons (Fsp3) is 0.333. The van der Waals surface area contributed by atoms with Crippen LogP contribution in [0.15, 0.2) is 53.0 Å². The molecule has 3 rings (SSSR count). The monoisotopic (exact) mass is 447 g/mol. The Bertz CT molecular complexity index is 824. The Hall–Kier alpha value is -2.25. The van der Waals surface area contributed by atoms with Crippen molar-refractivity contribution in [3.05, 3.63) is 58.8 Å². The van der Waals surface area contributed by atoms with Gasteiger partial charge in [-0.05, 0) is 56.3 Å². The van der Waals surface area contributed by atoms with Gasteiger partial charge in [-0.3, -0.25) is 9.59 Å². The third-order valence-corrected chi connectivity index (χ3v) is 5.35. The van der Waals surface area contributed by atoms with Crippen LogP contribution in [0, 0.1) is 11.7 Å². The predicted molar refractivity (Wildman–Crippen MR) is 112 cm³/mol. The van der Waals surface area contributed by atoms with Crippen LogP contribution in [-0.4, -0.2) is 36.3 Å². The third kappa shape index (κ3) is 5.87. The van der Waals surface area contributed by atoms with Crippen molar-refractivity contribution in [3.63, 3.8) is 0 Å². The number of rotatable bonds is 6. The predicted octanol–water partition coefficient (Wildman–Crippen LogP) is 4.27. The zero-order chi connectivity index (χ0) is 19.9. The minimum absolute atomic E-state index is 0.0119. The number of amides is 2. The molecule has 0 unspecified atom stereocenters. The lowest BCUT2D eigenvalue weighted by atomic mass is 9.95. The number of benzene rings is 2. The van der Waals surface area contributed by atoms with E-state index in [1.807, 2.05) is 30.3 Å². The van der Waals surface area contributed by atoms with Gasteiger partial charge in [0, 0.05) is 29.0 Å². The van der Waals surface area contributed by atoms with E-state index in [2.05, 4.69) is 31.5 Å². The molecule has 1 aliphatic heterocycles. The molecule has 2 aromatic carbocycles. The van der Waals surface area contributed by atoms with Crippen molar-refractivity contribution in [1.82, 2.24) is 4.90 Å². The van der Waals surface area contributed by atoms with Crippen LogP contribution in [-0.2, 0) is 9.59 Å². The first-order valence-electron chi connectivity index (χ1n) is 9.34. The van der Waals surface area contributed by atoms with Crippen molar-refractivity contribution < 1.29 is 14.0 Å². The lowest BCUT2D eigenvalue weighted by Gasteiger charge is -2.31. The molecule has 1 heterocycles. The summed E-state index contributed by atoms with van der Waals surface area (Å²) in [5, 5.41) is 5.56. The largest absolute Gasteiger partial charge is 0.326 e. The van der Waals surface area contributed by atoms with Gasteiger partial charge in [0.2, 0.25) is 11.8 Å². The lowest BCUT2D eigenvalue weighted by molar-refractivity contribution is -0.121. The van der Waals surface area contributed by atoms with E-state index < -0.39 is 5.82 Å². The summed E-state index contributed by atoms with van der Waals surface area (Å²) in [6.07, 6.45) is 1.82. The molecule has 1 aliphatic rings. The van der Waals surface area contributed by atoms with Crippen molar-refractivity contribution in [2.24, 2.45) is 5.92 Å². The number of nitrogens with one attached hydrogen (secondary N) is 2. The highest BCUT2D eigenvalue weighted by Gasteiger charge is 2.25. The molecular formula is C21H23BrFN3O2. The molecule has 0 atom stereocenters. The first-order valence-corrected chi connectivity index (χ1v) is 10.1. The molecule has 2 N–H and O–H groups in total. The second-order valence-corrected chi connectivity index (χ2v) is 7.81. The van der Waals surface area contributed by atoms with E-state index in [9.17, 15) is 14.0 Å². The first-order chi connectivity index (χ1) is 13.5. The Morgan fingerprint density at radius 3 is 2.46 bits per heavy atom. The number of carbonyl (C=O) groups is 2. The number of halogens is 2. The molecule has 0 bridgehead atoms. The number of carbonyl (C=O) groups excluding carboxylic acids is 2. The molecule has 5 nitrogen and oxygen atoms in total. The number of para-hydroxylation sites is 1. The maximum atomic E-state index is 13.8. The minimum Gasteiger partial charge on any atom is -0.326 e. The van der Waals surface area contributed by atoms with Crippen LogP contribution in [0.4, 0.5) is 15.8 Å². The molecule has 148 valence electrons. The molecule has 0 saturated carbocycles. The van der Waals surface area contributed by atoms with Gasteiger partial charge in [0.05, 0.1) is 5.69 Å². The highest BCUT2D eigenvalue weighted by Crippen LogP contribution is 2.21. The molecule has 0 spiro atoms. The molecular weight excluding hydrogens is 425 g/mol. The number of hydrogen-bond donors (Lipinski definition) is 2. The fourth-order valence-electron chi connectivity index (χ4n) is 3.25. The number of nitrogens with zero attached hydrogens (tertiary/aromatic N) is 1. The maximum absolute atomic E-state index is 13.8. The van der Waals surface area contributed by atoms with Crippen molar-refractivity contribution in [3.8, 4) is 0 Å².